The molecule has 19 heavy (non-hydrogen) atoms. The first-order valence-electron chi connectivity index (χ1n) is 5.93. The van der Waals surface area contributed by atoms with E-state index < -0.39 is 0 Å². The fraction of sp³-hybridized carbons (Fsp3) is 0.308. The third kappa shape index (κ3) is 3.73. The van der Waals surface area contributed by atoms with Crippen molar-refractivity contribution in [3.05, 3.63) is 39.0 Å². The van der Waals surface area contributed by atoms with Crippen molar-refractivity contribution < 1.29 is 4.74 Å². The lowest BCUT2D eigenvalue weighted by Gasteiger charge is -2.11. The second-order valence-electron chi connectivity index (χ2n) is 4.08. The second-order valence-corrected chi connectivity index (χ2v) is 5.79. The molecule has 6 heteroatoms. The SMILES string of the molecule is CCOc1c(Br)cc(CNc2cnn(C)c2)cc1Br. The molecule has 102 valence electrons. The van der Waals surface area contributed by atoms with Crippen molar-refractivity contribution >= 4 is 37.5 Å². The van der Waals surface area contributed by atoms with Gasteiger partial charge in [0.05, 0.1) is 27.4 Å². The smallest absolute Gasteiger partial charge is 0.147 e. The molecule has 1 aromatic heterocycles. The van der Waals surface area contributed by atoms with Crippen LogP contribution < -0.4 is 10.1 Å². The lowest BCUT2D eigenvalue weighted by Crippen LogP contribution is -2.00. The van der Waals surface area contributed by atoms with Gasteiger partial charge in [0.2, 0.25) is 0 Å². The van der Waals surface area contributed by atoms with Gasteiger partial charge < -0.3 is 10.1 Å². The van der Waals surface area contributed by atoms with Crippen molar-refractivity contribution in [1.82, 2.24) is 9.78 Å². The molecule has 0 radical (unpaired) electrons. The zero-order valence-corrected chi connectivity index (χ0v) is 14.0. The summed E-state index contributed by atoms with van der Waals surface area (Å²) in [6, 6.07) is 4.11. The van der Waals surface area contributed by atoms with Crippen LogP contribution in [0.5, 0.6) is 5.75 Å². The lowest BCUT2D eigenvalue weighted by atomic mass is 10.2. The van der Waals surface area contributed by atoms with Crippen LogP contribution in [0.2, 0.25) is 0 Å². The first-order valence-corrected chi connectivity index (χ1v) is 7.52. The number of nitrogens with one attached hydrogen (secondary N) is 1. The molecule has 2 aromatic rings. The molecule has 0 spiro atoms. The standard InChI is InChI=1S/C13H15Br2N3O/c1-3-19-13-11(14)4-9(5-12(13)15)6-16-10-7-17-18(2)8-10/h4-5,7-8,16H,3,6H2,1-2H3. The van der Waals surface area contributed by atoms with Gasteiger partial charge in [-0.05, 0) is 56.5 Å². The van der Waals surface area contributed by atoms with Gasteiger partial charge in [-0.2, -0.15) is 5.10 Å². The second kappa shape index (κ2) is 6.43. The summed E-state index contributed by atoms with van der Waals surface area (Å²) >= 11 is 7.06. The molecule has 0 atom stereocenters. The van der Waals surface area contributed by atoms with Crippen molar-refractivity contribution in [2.24, 2.45) is 7.05 Å². The van der Waals surface area contributed by atoms with Gasteiger partial charge >= 0.3 is 0 Å². The number of anilines is 1. The van der Waals surface area contributed by atoms with Crippen LogP contribution in [-0.4, -0.2) is 16.4 Å². The molecular formula is C13H15Br2N3O. The van der Waals surface area contributed by atoms with E-state index in [1.165, 1.54) is 0 Å². The molecule has 2 rings (SSSR count). The summed E-state index contributed by atoms with van der Waals surface area (Å²) in [7, 11) is 1.90. The molecule has 1 aromatic carbocycles. The molecule has 0 aliphatic carbocycles. The number of aryl methyl sites for hydroxylation is 1. The number of benzene rings is 1. The molecule has 0 unspecified atom stereocenters. The Labute approximate surface area is 129 Å². The summed E-state index contributed by atoms with van der Waals surface area (Å²) in [6.45, 7) is 3.34. The maximum Gasteiger partial charge on any atom is 0.147 e. The summed E-state index contributed by atoms with van der Waals surface area (Å²) in [4.78, 5) is 0. The van der Waals surface area contributed by atoms with Gasteiger partial charge in [-0.1, -0.05) is 0 Å². The molecule has 0 saturated heterocycles. The highest BCUT2D eigenvalue weighted by Crippen LogP contribution is 2.34. The highest BCUT2D eigenvalue weighted by molar-refractivity contribution is 9.11. The van der Waals surface area contributed by atoms with E-state index in [4.69, 9.17) is 4.74 Å². The van der Waals surface area contributed by atoms with Gasteiger partial charge in [0, 0.05) is 19.8 Å². The Bertz CT molecular complexity index is 546. The zero-order valence-electron chi connectivity index (χ0n) is 10.8. The average Bonchev–Trinajstić information content (AvgIpc) is 2.77. The maximum absolute atomic E-state index is 5.56. The fourth-order valence-corrected chi connectivity index (χ4v) is 3.22. The third-order valence-electron chi connectivity index (χ3n) is 2.55. The summed E-state index contributed by atoms with van der Waals surface area (Å²) in [5.74, 6) is 0.840. The van der Waals surface area contributed by atoms with Crippen molar-refractivity contribution in [1.29, 1.82) is 0 Å². The van der Waals surface area contributed by atoms with Crippen LogP contribution in [0, 0.1) is 0 Å². The minimum atomic E-state index is 0.643. The van der Waals surface area contributed by atoms with Crippen LogP contribution in [-0.2, 0) is 13.6 Å². The molecule has 4 nitrogen and oxygen atoms in total. The highest BCUT2D eigenvalue weighted by atomic mass is 79.9. The minimum absolute atomic E-state index is 0.643. The Morgan fingerprint density at radius 2 is 2.00 bits per heavy atom. The van der Waals surface area contributed by atoms with Gasteiger partial charge in [-0.15, -0.1) is 0 Å². The topological polar surface area (TPSA) is 39.1 Å². The van der Waals surface area contributed by atoms with Gasteiger partial charge in [0.15, 0.2) is 0 Å². The molecular weight excluding hydrogens is 374 g/mol. The van der Waals surface area contributed by atoms with Gasteiger partial charge in [0.1, 0.15) is 5.75 Å². The van der Waals surface area contributed by atoms with E-state index in [9.17, 15) is 0 Å². The first-order chi connectivity index (χ1) is 9.10. The molecule has 1 heterocycles. The van der Waals surface area contributed by atoms with Crippen LogP contribution in [0.25, 0.3) is 0 Å². The molecule has 0 aliphatic rings. The van der Waals surface area contributed by atoms with E-state index in [1.807, 2.05) is 20.2 Å². The highest BCUT2D eigenvalue weighted by Gasteiger charge is 2.08. The molecule has 0 saturated carbocycles. The summed E-state index contributed by atoms with van der Waals surface area (Å²) in [5, 5.41) is 7.44. The Hall–Kier alpha value is -1.01. The molecule has 1 N–H and O–H groups in total. The van der Waals surface area contributed by atoms with E-state index in [0.29, 0.717) is 6.61 Å². The Balaban J connectivity index is 2.09. The predicted octanol–water partition coefficient (Wildman–Crippen LogP) is 3.96. The van der Waals surface area contributed by atoms with E-state index in [-0.39, 0.29) is 0 Å². The summed E-state index contributed by atoms with van der Waals surface area (Å²) in [6.07, 6.45) is 3.75. The normalized spacial score (nSPS) is 10.5. The Morgan fingerprint density at radius 3 is 2.53 bits per heavy atom. The van der Waals surface area contributed by atoms with Crippen LogP contribution in [0.1, 0.15) is 12.5 Å². The molecule has 0 fully saturated rings. The third-order valence-corrected chi connectivity index (χ3v) is 3.73. The number of hydrogen-bond donors (Lipinski definition) is 1. The number of ether oxygens (including phenoxy) is 1. The maximum atomic E-state index is 5.56. The molecule has 0 bridgehead atoms. The average molecular weight is 389 g/mol. The minimum Gasteiger partial charge on any atom is -0.492 e. The zero-order chi connectivity index (χ0) is 13.8. The monoisotopic (exact) mass is 387 g/mol. The molecule has 0 aliphatic heterocycles. The number of hydrogen-bond acceptors (Lipinski definition) is 3. The van der Waals surface area contributed by atoms with Crippen LogP contribution in [0.15, 0.2) is 33.5 Å². The number of halogens is 2. The van der Waals surface area contributed by atoms with Gasteiger partial charge in [-0.3, -0.25) is 4.68 Å². The van der Waals surface area contributed by atoms with E-state index in [0.717, 1.165) is 32.5 Å². The van der Waals surface area contributed by atoms with Crippen molar-refractivity contribution in [3.63, 3.8) is 0 Å². The van der Waals surface area contributed by atoms with E-state index in [1.54, 1.807) is 10.9 Å². The van der Waals surface area contributed by atoms with Crippen LogP contribution >= 0.6 is 31.9 Å². The van der Waals surface area contributed by atoms with Crippen LogP contribution in [0.3, 0.4) is 0 Å². The number of aromatic nitrogens is 2. The number of nitrogens with zero attached hydrogens (tertiary/aromatic N) is 2. The van der Waals surface area contributed by atoms with Crippen LogP contribution in [0.4, 0.5) is 5.69 Å². The summed E-state index contributed by atoms with van der Waals surface area (Å²) < 4.78 is 9.23. The fourth-order valence-electron chi connectivity index (χ4n) is 1.71. The predicted molar refractivity (Wildman–Crippen MR) is 83.5 cm³/mol. The molecule has 0 amide bonds. The summed E-state index contributed by atoms with van der Waals surface area (Å²) in [5.41, 5.74) is 2.16. The van der Waals surface area contributed by atoms with Crippen molar-refractivity contribution in [3.8, 4) is 5.75 Å². The Kier molecular flexibility index (Phi) is 4.87. The van der Waals surface area contributed by atoms with Gasteiger partial charge in [0.25, 0.3) is 0 Å². The quantitative estimate of drug-likeness (QED) is 0.842. The van der Waals surface area contributed by atoms with E-state index in [2.05, 4.69) is 54.4 Å². The number of rotatable bonds is 5. The van der Waals surface area contributed by atoms with Crippen molar-refractivity contribution in [2.75, 3.05) is 11.9 Å². The van der Waals surface area contributed by atoms with Gasteiger partial charge in [-0.25, -0.2) is 0 Å². The van der Waals surface area contributed by atoms with Crippen molar-refractivity contribution in [2.45, 2.75) is 13.5 Å². The largest absolute Gasteiger partial charge is 0.492 e. The first kappa shape index (κ1) is 14.4. The lowest BCUT2D eigenvalue weighted by molar-refractivity contribution is 0.336. The Morgan fingerprint density at radius 1 is 1.32 bits per heavy atom. The van der Waals surface area contributed by atoms with E-state index >= 15 is 0 Å².